The molecule has 6 nitrogen and oxygen atoms in total. The Labute approximate surface area is 185 Å². The van der Waals surface area contributed by atoms with Crippen molar-refractivity contribution in [2.75, 3.05) is 37.4 Å². The zero-order valence-electron chi connectivity index (χ0n) is 16.5. The van der Waals surface area contributed by atoms with Crippen molar-refractivity contribution >= 4 is 50.5 Å². The summed E-state index contributed by atoms with van der Waals surface area (Å²) in [6.45, 7) is 0.372. The molecule has 162 valence electrons. The van der Waals surface area contributed by atoms with Crippen molar-refractivity contribution in [1.29, 1.82) is 0 Å². The largest absolute Gasteiger partial charge is 0.376 e. The third-order valence-electron chi connectivity index (χ3n) is 5.05. The number of nitrogens with zero attached hydrogens (tertiary/aromatic N) is 2. The molecule has 2 aromatic carbocycles. The van der Waals surface area contributed by atoms with Gasteiger partial charge in [0.25, 0.3) is 0 Å². The fourth-order valence-electron chi connectivity index (χ4n) is 3.38. The van der Waals surface area contributed by atoms with Crippen LogP contribution in [0.4, 0.5) is 15.8 Å². The van der Waals surface area contributed by atoms with Gasteiger partial charge in [-0.25, -0.2) is 12.8 Å². The van der Waals surface area contributed by atoms with Crippen LogP contribution >= 0.6 is 23.2 Å². The van der Waals surface area contributed by atoms with Crippen LogP contribution in [-0.2, 0) is 14.8 Å². The molecule has 0 unspecified atom stereocenters. The zero-order valence-corrected chi connectivity index (χ0v) is 18.9. The van der Waals surface area contributed by atoms with Crippen molar-refractivity contribution in [3.63, 3.8) is 0 Å². The van der Waals surface area contributed by atoms with Gasteiger partial charge in [-0.05, 0) is 49.2 Å². The van der Waals surface area contributed by atoms with Gasteiger partial charge in [0.15, 0.2) is 0 Å². The number of carbonyl (C=O) groups is 1. The van der Waals surface area contributed by atoms with Crippen molar-refractivity contribution in [3.05, 3.63) is 52.3 Å². The standard InChI is InChI=1S/C20H22Cl2FN3O3S/c1-25(2)19-6-3-14(21)11-18(19)24-20(27)13-7-9-26(10-8-13)30(28,29)15-4-5-17(23)16(22)12-15/h3-6,11-13H,7-10H2,1-2H3,(H,24,27). The summed E-state index contributed by atoms with van der Waals surface area (Å²) >= 11 is 11.8. The van der Waals surface area contributed by atoms with Crippen molar-refractivity contribution < 1.29 is 17.6 Å². The van der Waals surface area contributed by atoms with Gasteiger partial charge >= 0.3 is 0 Å². The highest BCUT2D eigenvalue weighted by atomic mass is 35.5. The van der Waals surface area contributed by atoms with Crippen LogP contribution in [-0.4, -0.2) is 45.8 Å². The average Bonchev–Trinajstić information content (AvgIpc) is 2.69. The Morgan fingerprint density at radius 2 is 1.80 bits per heavy atom. The highest BCUT2D eigenvalue weighted by molar-refractivity contribution is 7.89. The molecular weight excluding hydrogens is 452 g/mol. The van der Waals surface area contributed by atoms with E-state index in [-0.39, 0.29) is 34.8 Å². The maximum absolute atomic E-state index is 13.4. The zero-order chi connectivity index (χ0) is 22.1. The third-order valence-corrected chi connectivity index (χ3v) is 7.47. The van der Waals surface area contributed by atoms with Gasteiger partial charge in [-0.1, -0.05) is 23.2 Å². The van der Waals surface area contributed by atoms with Gasteiger partial charge in [0.2, 0.25) is 15.9 Å². The predicted molar refractivity (Wildman–Crippen MR) is 117 cm³/mol. The number of piperidine rings is 1. The molecule has 0 bridgehead atoms. The van der Waals surface area contributed by atoms with Gasteiger partial charge in [0.1, 0.15) is 5.82 Å². The molecule has 30 heavy (non-hydrogen) atoms. The quantitative estimate of drug-likeness (QED) is 0.704. The number of carbonyl (C=O) groups excluding carboxylic acids is 1. The number of rotatable bonds is 5. The van der Waals surface area contributed by atoms with E-state index < -0.39 is 15.8 Å². The number of halogens is 3. The van der Waals surface area contributed by atoms with E-state index >= 15 is 0 Å². The minimum atomic E-state index is -3.81. The summed E-state index contributed by atoms with van der Waals surface area (Å²) in [7, 11) is -0.0764. The summed E-state index contributed by atoms with van der Waals surface area (Å²) in [4.78, 5) is 14.6. The first-order valence-corrected chi connectivity index (χ1v) is 11.5. The predicted octanol–water partition coefficient (Wildman–Crippen LogP) is 4.24. The molecule has 1 fully saturated rings. The van der Waals surface area contributed by atoms with E-state index in [0.29, 0.717) is 23.6 Å². The summed E-state index contributed by atoms with van der Waals surface area (Å²) < 4.78 is 40.3. The fourth-order valence-corrected chi connectivity index (χ4v) is 5.29. The Kier molecular flexibility index (Phi) is 6.91. The summed E-state index contributed by atoms with van der Waals surface area (Å²) in [6.07, 6.45) is 0.746. The number of nitrogens with one attached hydrogen (secondary N) is 1. The Balaban J connectivity index is 1.67. The second-order valence-corrected chi connectivity index (χ2v) is 10.1. The number of amides is 1. The van der Waals surface area contributed by atoms with Gasteiger partial charge in [-0.2, -0.15) is 4.31 Å². The van der Waals surface area contributed by atoms with Crippen LogP contribution in [0.1, 0.15) is 12.8 Å². The summed E-state index contributed by atoms with van der Waals surface area (Å²) in [5.41, 5.74) is 1.43. The van der Waals surface area contributed by atoms with E-state index in [1.54, 1.807) is 12.1 Å². The van der Waals surface area contributed by atoms with Gasteiger partial charge in [0.05, 0.1) is 21.3 Å². The number of hydrogen-bond donors (Lipinski definition) is 1. The Bertz CT molecular complexity index is 1060. The minimum absolute atomic E-state index is 0.0636. The van der Waals surface area contributed by atoms with Crippen LogP contribution in [0.25, 0.3) is 0 Å². The van der Waals surface area contributed by atoms with Gasteiger partial charge in [-0.3, -0.25) is 4.79 Å². The maximum atomic E-state index is 13.4. The minimum Gasteiger partial charge on any atom is -0.376 e. The molecule has 3 rings (SSSR count). The molecule has 0 atom stereocenters. The third kappa shape index (κ3) is 4.88. The number of benzene rings is 2. The summed E-state index contributed by atoms with van der Waals surface area (Å²) in [6, 6.07) is 8.58. The fraction of sp³-hybridized carbons (Fsp3) is 0.350. The molecule has 10 heteroatoms. The van der Waals surface area contributed by atoms with Crippen LogP contribution in [0.3, 0.4) is 0 Å². The molecule has 1 aliphatic rings. The summed E-state index contributed by atoms with van der Waals surface area (Å²) in [5.74, 6) is -1.19. The number of hydrogen-bond acceptors (Lipinski definition) is 4. The second-order valence-electron chi connectivity index (χ2n) is 7.30. The van der Waals surface area contributed by atoms with E-state index in [9.17, 15) is 17.6 Å². The SMILES string of the molecule is CN(C)c1ccc(Cl)cc1NC(=O)C1CCN(S(=O)(=O)c2ccc(F)c(Cl)c2)CC1. The molecule has 0 aliphatic carbocycles. The average molecular weight is 474 g/mol. The van der Waals surface area contributed by atoms with E-state index in [4.69, 9.17) is 23.2 Å². The Morgan fingerprint density at radius 1 is 1.13 bits per heavy atom. The Hall–Kier alpha value is -1.87. The second kappa shape index (κ2) is 9.09. The monoisotopic (exact) mass is 473 g/mol. The Morgan fingerprint density at radius 3 is 2.40 bits per heavy atom. The first kappa shape index (κ1) is 22.8. The lowest BCUT2D eigenvalue weighted by Crippen LogP contribution is -2.41. The number of anilines is 2. The van der Waals surface area contributed by atoms with Crippen molar-refractivity contribution in [2.24, 2.45) is 5.92 Å². The van der Waals surface area contributed by atoms with Gasteiger partial charge < -0.3 is 10.2 Å². The molecule has 1 aliphatic heterocycles. The smallest absolute Gasteiger partial charge is 0.243 e. The molecule has 0 radical (unpaired) electrons. The molecule has 1 amide bonds. The van der Waals surface area contributed by atoms with Crippen LogP contribution in [0.15, 0.2) is 41.3 Å². The van der Waals surface area contributed by atoms with E-state index in [1.807, 2.05) is 25.1 Å². The van der Waals surface area contributed by atoms with Gasteiger partial charge in [-0.15, -0.1) is 0 Å². The lowest BCUT2D eigenvalue weighted by molar-refractivity contribution is -0.120. The highest BCUT2D eigenvalue weighted by Gasteiger charge is 2.32. The lowest BCUT2D eigenvalue weighted by atomic mass is 9.97. The van der Waals surface area contributed by atoms with Crippen LogP contribution in [0.5, 0.6) is 0 Å². The van der Waals surface area contributed by atoms with Crippen LogP contribution < -0.4 is 10.2 Å². The first-order chi connectivity index (χ1) is 14.1. The first-order valence-electron chi connectivity index (χ1n) is 9.32. The maximum Gasteiger partial charge on any atom is 0.243 e. The molecule has 0 spiro atoms. The van der Waals surface area contributed by atoms with Crippen LogP contribution in [0.2, 0.25) is 10.0 Å². The molecule has 0 saturated carbocycles. The van der Waals surface area contributed by atoms with Crippen molar-refractivity contribution in [2.45, 2.75) is 17.7 Å². The molecule has 0 aromatic heterocycles. The molecule has 1 N–H and O–H groups in total. The van der Waals surface area contributed by atoms with E-state index in [2.05, 4.69) is 5.32 Å². The van der Waals surface area contributed by atoms with Crippen molar-refractivity contribution in [1.82, 2.24) is 4.31 Å². The normalized spacial score (nSPS) is 15.8. The van der Waals surface area contributed by atoms with E-state index in [1.165, 1.54) is 10.4 Å². The van der Waals surface area contributed by atoms with Crippen molar-refractivity contribution in [3.8, 4) is 0 Å². The lowest BCUT2D eigenvalue weighted by Gasteiger charge is -2.31. The topological polar surface area (TPSA) is 69.7 Å². The highest BCUT2D eigenvalue weighted by Crippen LogP contribution is 2.30. The molecular formula is C20H22Cl2FN3O3S. The molecule has 2 aromatic rings. The number of sulfonamides is 1. The van der Waals surface area contributed by atoms with Gasteiger partial charge in [0, 0.05) is 38.1 Å². The summed E-state index contributed by atoms with van der Waals surface area (Å²) in [5, 5.41) is 3.17. The van der Waals surface area contributed by atoms with Crippen LogP contribution in [0, 0.1) is 11.7 Å². The molecule has 1 saturated heterocycles. The molecule has 1 heterocycles. The van der Waals surface area contributed by atoms with E-state index in [0.717, 1.165) is 17.8 Å².